The Labute approximate surface area is 103 Å². The smallest absolute Gasteiger partial charge is 0.244 e. The van der Waals surface area contributed by atoms with Crippen LogP contribution in [0.4, 0.5) is 0 Å². The molecule has 0 saturated heterocycles. The first-order valence-electron chi connectivity index (χ1n) is 5.88. The van der Waals surface area contributed by atoms with Gasteiger partial charge in [0.15, 0.2) is 0 Å². The SMILES string of the molecule is CC(=CCCCCCC=C(C)C(N)=O)C(N)=O. The van der Waals surface area contributed by atoms with Gasteiger partial charge in [-0.25, -0.2) is 0 Å². The van der Waals surface area contributed by atoms with E-state index in [2.05, 4.69) is 0 Å². The molecule has 0 fully saturated rings. The van der Waals surface area contributed by atoms with Crippen LogP contribution in [0.2, 0.25) is 0 Å². The quantitative estimate of drug-likeness (QED) is 0.499. The Kier molecular flexibility index (Phi) is 7.76. The molecule has 0 heterocycles. The minimum Gasteiger partial charge on any atom is -0.366 e. The number of hydrogen-bond donors (Lipinski definition) is 2. The molecule has 17 heavy (non-hydrogen) atoms. The zero-order chi connectivity index (χ0) is 13.3. The molecule has 0 rings (SSSR count). The van der Waals surface area contributed by atoms with Gasteiger partial charge in [-0.3, -0.25) is 9.59 Å². The van der Waals surface area contributed by atoms with Crippen LogP contribution in [0.3, 0.4) is 0 Å². The number of primary amides is 2. The van der Waals surface area contributed by atoms with Crippen molar-refractivity contribution in [2.75, 3.05) is 0 Å². The summed E-state index contributed by atoms with van der Waals surface area (Å²) in [7, 11) is 0. The van der Waals surface area contributed by atoms with Crippen molar-refractivity contribution in [3.8, 4) is 0 Å². The molecule has 0 aliphatic rings. The molecule has 0 aliphatic heterocycles. The predicted octanol–water partition coefficient (Wildman–Crippen LogP) is 1.80. The number of allylic oxidation sites excluding steroid dienone is 2. The number of amides is 2. The van der Waals surface area contributed by atoms with Gasteiger partial charge < -0.3 is 11.5 Å². The molecule has 0 saturated carbocycles. The van der Waals surface area contributed by atoms with Crippen LogP contribution in [-0.4, -0.2) is 11.8 Å². The molecule has 0 radical (unpaired) electrons. The van der Waals surface area contributed by atoms with E-state index in [1.807, 2.05) is 12.2 Å². The lowest BCUT2D eigenvalue weighted by Crippen LogP contribution is -2.11. The highest BCUT2D eigenvalue weighted by Crippen LogP contribution is 2.07. The molecule has 96 valence electrons. The highest BCUT2D eigenvalue weighted by atomic mass is 16.1. The largest absolute Gasteiger partial charge is 0.366 e. The summed E-state index contributed by atoms with van der Waals surface area (Å²) in [5.74, 6) is -0.713. The average molecular weight is 238 g/mol. The van der Waals surface area contributed by atoms with Crippen molar-refractivity contribution in [3.63, 3.8) is 0 Å². The highest BCUT2D eigenvalue weighted by molar-refractivity contribution is 5.91. The van der Waals surface area contributed by atoms with E-state index in [1.54, 1.807) is 13.8 Å². The van der Waals surface area contributed by atoms with Gasteiger partial charge >= 0.3 is 0 Å². The standard InChI is InChI=1S/C13H22N2O2/c1-10(12(14)16)8-6-4-3-5-7-9-11(2)13(15)17/h8-9H,3-7H2,1-2H3,(H2,14,16)(H2,15,17). The molecule has 0 aromatic rings. The van der Waals surface area contributed by atoms with E-state index >= 15 is 0 Å². The lowest BCUT2D eigenvalue weighted by Gasteiger charge is -1.98. The van der Waals surface area contributed by atoms with E-state index in [4.69, 9.17) is 11.5 Å². The summed E-state index contributed by atoms with van der Waals surface area (Å²) in [6.45, 7) is 3.45. The second kappa shape index (κ2) is 8.56. The van der Waals surface area contributed by atoms with Crippen LogP contribution >= 0.6 is 0 Å². The number of nitrogens with two attached hydrogens (primary N) is 2. The maximum absolute atomic E-state index is 10.7. The summed E-state index contributed by atoms with van der Waals surface area (Å²) in [6.07, 6.45) is 8.58. The van der Waals surface area contributed by atoms with E-state index in [-0.39, 0.29) is 11.8 Å². The maximum atomic E-state index is 10.7. The van der Waals surface area contributed by atoms with E-state index in [1.165, 1.54) is 0 Å². The highest BCUT2D eigenvalue weighted by Gasteiger charge is 1.96. The molecular formula is C13H22N2O2. The fourth-order valence-electron chi connectivity index (χ4n) is 1.30. The molecule has 0 aliphatic carbocycles. The molecule has 0 unspecified atom stereocenters. The van der Waals surface area contributed by atoms with Crippen LogP contribution < -0.4 is 11.5 Å². The molecule has 0 bridgehead atoms. The monoisotopic (exact) mass is 238 g/mol. The number of rotatable bonds is 8. The Morgan fingerprint density at radius 3 is 1.47 bits per heavy atom. The number of carbonyl (C=O) groups is 2. The molecule has 4 heteroatoms. The normalized spacial score (nSPS) is 12.6. The van der Waals surface area contributed by atoms with Gasteiger partial charge in [0.05, 0.1) is 0 Å². The van der Waals surface area contributed by atoms with Crippen LogP contribution in [0.1, 0.15) is 46.0 Å². The molecule has 4 nitrogen and oxygen atoms in total. The molecule has 4 N–H and O–H groups in total. The Morgan fingerprint density at radius 2 is 1.18 bits per heavy atom. The van der Waals surface area contributed by atoms with Crippen LogP contribution in [-0.2, 0) is 9.59 Å². The van der Waals surface area contributed by atoms with Gasteiger partial charge in [0.2, 0.25) is 11.8 Å². The lowest BCUT2D eigenvalue weighted by molar-refractivity contribution is -0.115. The van der Waals surface area contributed by atoms with Crippen molar-refractivity contribution in [3.05, 3.63) is 23.3 Å². The van der Waals surface area contributed by atoms with Gasteiger partial charge in [-0.05, 0) is 39.5 Å². The van der Waals surface area contributed by atoms with Crippen LogP contribution in [0, 0.1) is 0 Å². The van der Waals surface area contributed by atoms with Gasteiger partial charge in [-0.1, -0.05) is 18.6 Å². The first-order chi connectivity index (χ1) is 7.95. The molecular weight excluding hydrogens is 216 g/mol. The second-order valence-corrected chi connectivity index (χ2v) is 4.14. The zero-order valence-corrected chi connectivity index (χ0v) is 10.7. The van der Waals surface area contributed by atoms with E-state index < -0.39 is 0 Å². The topological polar surface area (TPSA) is 86.2 Å². The third kappa shape index (κ3) is 8.25. The second-order valence-electron chi connectivity index (χ2n) is 4.14. The van der Waals surface area contributed by atoms with Crippen molar-refractivity contribution in [2.24, 2.45) is 11.5 Å². The van der Waals surface area contributed by atoms with Crippen LogP contribution in [0.5, 0.6) is 0 Å². The Hall–Kier alpha value is -1.58. The molecule has 2 amide bonds. The lowest BCUT2D eigenvalue weighted by atomic mass is 10.1. The minimum atomic E-state index is -0.356. The summed E-state index contributed by atoms with van der Waals surface area (Å²) >= 11 is 0. The first-order valence-corrected chi connectivity index (χ1v) is 5.88. The maximum Gasteiger partial charge on any atom is 0.244 e. The third-order valence-corrected chi connectivity index (χ3v) is 2.59. The van der Waals surface area contributed by atoms with Crippen molar-refractivity contribution >= 4 is 11.8 Å². The third-order valence-electron chi connectivity index (χ3n) is 2.59. The van der Waals surface area contributed by atoms with Gasteiger partial charge in [-0.15, -0.1) is 0 Å². The van der Waals surface area contributed by atoms with Crippen molar-refractivity contribution in [1.82, 2.24) is 0 Å². The van der Waals surface area contributed by atoms with Crippen LogP contribution in [0.15, 0.2) is 23.3 Å². The zero-order valence-electron chi connectivity index (χ0n) is 10.7. The average Bonchev–Trinajstić information content (AvgIpc) is 2.26. The van der Waals surface area contributed by atoms with E-state index in [0.717, 1.165) is 32.1 Å². The van der Waals surface area contributed by atoms with Gasteiger partial charge in [-0.2, -0.15) is 0 Å². The summed E-state index contributed by atoms with van der Waals surface area (Å²) in [6, 6.07) is 0. The number of carbonyl (C=O) groups excluding carboxylic acids is 2. The van der Waals surface area contributed by atoms with Gasteiger partial charge in [0.1, 0.15) is 0 Å². The molecule has 0 atom stereocenters. The van der Waals surface area contributed by atoms with Crippen molar-refractivity contribution in [1.29, 1.82) is 0 Å². The number of unbranched alkanes of at least 4 members (excludes halogenated alkanes) is 4. The van der Waals surface area contributed by atoms with Crippen molar-refractivity contribution in [2.45, 2.75) is 46.0 Å². The fraction of sp³-hybridized carbons (Fsp3) is 0.538. The minimum absolute atomic E-state index is 0.356. The van der Waals surface area contributed by atoms with Crippen molar-refractivity contribution < 1.29 is 9.59 Å². The number of hydrogen-bond acceptors (Lipinski definition) is 2. The van der Waals surface area contributed by atoms with Crippen LogP contribution in [0.25, 0.3) is 0 Å². The molecule has 0 spiro atoms. The Balaban J connectivity index is 3.61. The first kappa shape index (κ1) is 15.4. The summed E-state index contributed by atoms with van der Waals surface area (Å²) < 4.78 is 0. The fourth-order valence-corrected chi connectivity index (χ4v) is 1.30. The predicted molar refractivity (Wildman–Crippen MR) is 69.0 cm³/mol. The van der Waals surface area contributed by atoms with E-state index in [9.17, 15) is 9.59 Å². The van der Waals surface area contributed by atoms with Gasteiger partial charge in [0.25, 0.3) is 0 Å². The summed E-state index contributed by atoms with van der Waals surface area (Å²) in [5, 5.41) is 0. The molecule has 0 aromatic carbocycles. The molecule has 0 aromatic heterocycles. The van der Waals surface area contributed by atoms with Gasteiger partial charge in [0, 0.05) is 11.1 Å². The van der Waals surface area contributed by atoms with E-state index in [0.29, 0.717) is 11.1 Å². The summed E-state index contributed by atoms with van der Waals surface area (Å²) in [5.41, 5.74) is 11.4. The Bertz CT molecular complexity index is 298. The summed E-state index contributed by atoms with van der Waals surface area (Å²) in [4.78, 5) is 21.4. The Morgan fingerprint density at radius 1 is 0.824 bits per heavy atom.